The van der Waals surface area contributed by atoms with Crippen LogP contribution in [0.2, 0.25) is 0 Å². The highest BCUT2D eigenvalue weighted by atomic mass is 35.5. The minimum Gasteiger partial charge on any atom is -0.497 e. The van der Waals surface area contributed by atoms with Gasteiger partial charge >= 0.3 is 0 Å². The van der Waals surface area contributed by atoms with Gasteiger partial charge in [-0.3, -0.25) is 4.79 Å². The van der Waals surface area contributed by atoms with Gasteiger partial charge in [0.25, 0.3) is 0 Å². The van der Waals surface area contributed by atoms with Crippen molar-refractivity contribution >= 4 is 18.3 Å². The molecular formula is C15H23ClN2O2. The summed E-state index contributed by atoms with van der Waals surface area (Å²) in [6, 6.07) is 8.28. The molecule has 0 bridgehead atoms. The van der Waals surface area contributed by atoms with Crippen molar-refractivity contribution < 1.29 is 9.53 Å². The van der Waals surface area contributed by atoms with Crippen molar-refractivity contribution in [2.75, 3.05) is 27.2 Å². The van der Waals surface area contributed by atoms with Crippen LogP contribution in [0, 0.1) is 0 Å². The topological polar surface area (TPSA) is 41.6 Å². The number of hydrogen-bond donors (Lipinski definition) is 1. The van der Waals surface area contributed by atoms with E-state index in [9.17, 15) is 4.79 Å². The van der Waals surface area contributed by atoms with Crippen LogP contribution in [-0.2, 0) is 4.79 Å². The molecule has 2 rings (SSSR count). The Labute approximate surface area is 126 Å². The molecule has 1 unspecified atom stereocenters. The van der Waals surface area contributed by atoms with Gasteiger partial charge in [0, 0.05) is 19.5 Å². The number of carbonyl (C=O) groups excluding carboxylic acids is 1. The van der Waals surface area contributed by atoms with Crippen LogP contribution in [0.1, 0.15) is 30.9 Å². The lowest BCUT2D eigenvalue weighted by molar-refractivity contribution is -0.132. The predicted molar refractivity (Wildman–Crippen MR) is 82.5 cm³/mol. The van der Waals surface area contributed by atoms with Crippen LogP contribution < -0.4 is 10.1 Å². The van der Waals surface area contributed by atoms with E-state index in [1.807, 2.05) is 24.1 Å². The summed E-state index contributed by atoms with van der Waals surface area (Å²) in [6.45, 7) is 1.61. The van der Waals surface area contributed by atoms with Crippen molar-refractivity contribution in [1.82, 2.24) is 10.2 Å². The van der Waals surface area contributed by atoms with Crippen LogP contribution in [0.3, 0.4) is 0 Å². The molecule has 1 amide bonds. The highest BCUT2D eigenvalue weighted by Gasteiger charge is 2.29. The summed E-state index contributed by atoms with van der Waals surface area (Å²) in [6.07, 6.45) is 2.71. The molecule has 112 valence electrons. The Hall–Kier alpha value is -1.26. The zero-order valence-corrected chi connectivity index (χ0v) is 12.9. The van der Waals surface area contributed by atoms with Gasteiger partial charge in [-0.25, -0.2) is 0 Å². The zero-order valence-electron chi connectivity index (χ0n) is 12.1. The molecule has 1 aliphatic rings. The molecule has 1 heterocycles. The Morgan fingerprint density at radius 3 is 2.70 bits per heavy atom. The number of halogens is 1. The maximum Gasteiger partial charge on any atom is 0.224 e. The summed E-state index contributed by atoms with van der Waals surface area (Å²) < 4.78 is 5.17. The van der Waals surface area contributed by atoms with Crippen LogP contribution in [-0.4, -0.2) is 38.1 Å². The van der Waals surface area contributed by atoms with E-state index in [0.717, 1.165) is 31.7 Å². The quantitative estimate of drug-likeness (QED) is 0.907. The molecule has 4 nitrogen and oxygen atoms in total. The van der Waals surface area contributed by atoms with Crippen molar-refractivity contribution in [3.8, 4) is 5.75 Å². The number of hydrogen-bond acceptors (Lipinski definition) is 3. The third-order valence-electron chi connectivity index (χ3n) is 3.66. The summed E-state index contributed by atoms with van der Waals surface area (Å²) in [4.78, 5) is 14.2. The SMILES string of the molecule is CNCCC(=O)N1CCCC1c1ccc(OC)cc1.Cl. The number of methoxy groups -OCH3 is 1. The van der Waals surface area contributed by atoms with Crippen LogP contribution >= 0.6 is 12.4 Å². The third kappa shape index (κ3) is 3.87. The molecule has 1 N–H and O–H groups in total. The molecule has 0 spiro atoms. The Morgan fingerprint density at radius 1 is 1.40 bits per heavy atom. The molecule has 1 aromatic rings. The Kier molecular flexibility index (Phi) is 6.82. The predicted octanol–water partition coefficient (Wildman–Crippen LogP) is 2.39. The minimum atomic E-state index is 0. The van der Waals surface area contributed by atoms with Gasteiger partial charge in [0.15, 0.2) is 0 Å². The van der Waals surface area contributed by atoms with Gasteiger partial charge in [0.1, 0.15) is 5.75 Å². The molecule has 0 radical (unpaired) electrons. The monoisotopic (exact) mass is 298 g/mol. The first-order valence-corrected chi connectivity index (χ1v) is 6.84. The summed E-state index contributed by atoms with van der Waals surface area (Å²) in [7, 11) is 3.54. The number of rotatable bonds is 5. The minimum absolute atomic E-state index is 0. The van der Waals surface area contributed by atoms with Crippen molar-refractivity contribution in [2.24, 2.45) is 0 Å². The van der Waals surface area contributed by atoms with Crippen molar-refractivity contribution in [2.45, 2.75) is 25.3 Å². The van der Waals surface area contributed by atoms with E-state index >= 15 is 0 Å². The van der Waals surface area contributed by atoms with Crippen LogP contribution in [0.15, 0.2) is 24.3 Å². The van der Waals surface area contributed by atoms with E-state index in [-0.39, 0.29) is 24.4 Å². The lowest BCUT2D eigenvalue weighted by atomic mass is 10.0. The highest BCUT2D eigenvalue weighted by Crippen LogP contribution is 2.33. The number of nitrogens with zero attached hydrogens (tertiary/aromatic N) is 1. The third-order valence-corrected chi connectivity index (χ3v) is 3.66. The average molecular weight is 299 g/mol. The maximum absolute atomic E-state index is 12.2. The van der Waals surface area contributed by atoms with E-state index in [0.29, 0.717) is 6.42 Å². The summed E-state index contributed by atoms with van der Waals surface area (Å²) in [5.41, 5.74) is 1.20. The number of amides is 1. The Bertz CT molecular complexity index is 422. The lowest BCUT2D eigenvalue weighted by Crippen LogP contribution is -2.32. The fraction of sp³-hybridized carbons (Fsp3) is 0.533. The number of likely N-dealkylation sites (tertiary alicyclic amines) is 1. The molecule has 5 heteroatoms. The van der Waals surface area contributed by atoms with Gasteiger partial charge in [-0.1, -0.05) is 12.1 Å². The first-order valence-electron chi connectivity index (χ1n) is 6.84. The van der Waals surface area contributed by atoms with Gasteiger partial charge in [-0.05, 0) is 37.6 Å². The van der Waals surface area contributed by atoms with E-state index in [1.165, 1.54) is 5.56 Å². The number of ether oxygens (including phenoxy) is 1. The lowest BCUT2D eigenvalue weighted by Gasteiger charge is -2.25. The molecule has 1 saturated heterocycles. The summed E-state index contributed by atoms with van der Waals surface area (Å²) >= 11 is 0. The fourth-order valence-electron chi connectivity index (χ4n) is 2.61. The first-order chi connectivity index (χ1) is 9.26. The largest absolute Gasteiger partial charge is 0.497 e. The van der Waals surface area contributed by atoms with Gasteiger partial charge in [0.05, 0.1) is 13.2 Å². The average Bonchev–Trinajstić information content (AvgIpc) is 2.94. The summed E-state index contributed by atoms with van der Waals surface area (Å²) in [5.74, 6) is 1.10. The molecule has 0 aromatic heterocycles. The zero-order chi connectivity index (χ0) is 13.7. The van der Waals surface area contributed by atoms with Gasteiger partial charge in [-0.2, -0.15) is 0 Å². The number of benzene rings is 1. The van der Waals surface area contributed by atoms with E-state index in [2.05, 4.69) is 17.4 Å². The fourth-order valence-corrected chi connectivity index (χ4v) is 2.61. The van der Waals surface area contributed by atoms with E-state index in [1.54, 1.807) is 7.11 Å². The van der Waals surface area contributed by atoms with Crippen LogP contribution in [0.5, 0.6) is 5.75 Å². The normalized spacial score (nSPS) is 17.7. The second-order valence-corrected chi connectivity index (χ2v) is 4.87. The molecule has 20 heavy (non-hydrogen) atoms. The Balaban J connectivity index is 0.00000200. The van der Waals surface area contributed by atoms with Crippen molar-refractivity contribution in [3.05, 3.63) is 29.8 Å². The number of nitrogens with one attached hydrogen (secondary N) is 1. The molecule has 1 atom stereocenters. The van der Waals surface area contributed by atoms with Gasteiger partial charge in [-0.15, -0.1) is 12.4 Å². The van der Waals surface area contributed by atoms with Crippen molar-refractivity contribution in [3.63, 3.8) is 0 Å². The maximum atomic E-state index is 12.2. The van der Waals surface area contributed by atoms with Gasteiger partial charge < -0.3 is 15.0 Å². The molecule has 0 saturated carbocycles. The Morgan fingerprint density at radius 2 is 2.10 bits per heavy atom. The molecule has 1 aromatic carbocycles. The van der Waals surface area contributed by atoms with Crippen LogP contribution in [0.25, 0.3) is 0 Å². The molecule has 1 fully saturated rings. The molecule has 1 aliphatic heterocycles. The molecule has 0 aliphatic carbocycles. The molecular weight excluding hydrogens is 276 g/mol. The first kappa shape index (κ1) is 16.8. The van der Waals surface area contributed by atoms with Crippen molar-refractivity contribution in [1.29, 1.82) is 0 Å². The standard InChI is InChI=1S/C15H22N2O2.ClH/c1-16-10-9-15(18)17-11-3-4-14(17)12-5-7-13(19-2)8-6-12;/h5-8,14,16H,3-4,9-11H2,1-2H3;1H. The van der Waals surface area contributed by atoms with E-state index in [4.69, 9.17) is 4.74 Å². The number of carbonyl (C=O) groups is 1. The smallest absolute Gasteiger partial charge is 0.224 e. The second-order valence-electron chi connectivity index (χ2n) is 4.87. The van der Waals surface area contributed by atoms with E-state index < -0.39 is 0 Å². The van der Waals surface area contributed by atoms with Gasteiger partial charge in [0.2, 0.25) is 5.91 Å². The second kappa shape index (κ2) is 8.12. The summed E-state index contributed by atoms with van der Waals surface area (Å²) in [5, 5.41) is 3.03. The highest BCUT2D eigenvalue weighted by molar-refractivity contribution is 5.85. The van der Waals surface area contributed by atoms with Crippen LogP contribution in [0.4, 0.5) is 0 Å².